The monoisotopic (exact) mass is 336 g/mol. The fourth-order valence-corrected chi connectivity index (χ4v) is 3.29. The standard InChI is InChI=1S/C22H24O3/c1-15(2)25-20-9-5-6-16(12-20)13-21(22(23)24)19-11-10-17-7-3-4-8-18(17)14-19/h5-6,9-15H,3-4,7-8H2,1-2H3,(H,23,24)/b21-13-. The normalized spacial score (nSPS) is 14.3. The van der Waals surface area contributed by atoms with Crippen molar-refractivity contribution in [3.8, 4) is 5.75 Å². The molecule has 0 radical (unpaired) electrons. The van der Waals surface area contributed by atoms with E-state index in [-0.39, 0.29) is 6.10 Å². The van der Waals surface area contributed by atoms with Gasteiger partial charge in [-0.05, 0) is 80.0 Å². The van der Waals surface area contributed by atoms with Crippen molar-refractivity contribution in [2.45, 2.75) is 45.6 Å². The van der Waals surface area contributed by atoms with Gasteiger partial charge >= 0.3 is 5.97 Å². The molecular weight excluding hydrogens is 312 g/mol. The fraction of sp³-hybridized carbons (Fsp3) is 0.318. The molecule has 0 heterocycles. The van der Waals surface area contributed by atoms with Crippen molar-refractivity contribution in [2.75, 3.05) is 0 Å². The van der Waals surface area contributed by atoms with E-state index in [0.717, 1.165) is 29.7 Å². The molecule has 3 heteroatoms. The Hall–Kier alpha value is -2.55. The Bertz CT molecular complexity index is 803. The molecule has 3 nitrogen and oxygen atoms in total. The van der Waals surface area contributed by atoms with Gasteiger partial charge in [-0.25, -0.2) is 4.79 Å². The van der Waals surface area contributed by atoms with Gasteiger partial charge in [0, 0.05) is 0 Å². The summed E-state index contributed by atoms with van der Waals surface area (Å²) in [5.74, 6) is -0.162. The average molecular weight is 336 g/mol. The molecule has 0 bridgehead atoms. The van der Waals surface area contributed by atoms with Gasteiger partial charge in [-0.15, -0.1) is 0 Å². The molecule has 3 rings (SSSR count). The fourth-order valence-electron chi connectivity index (χ4n) is 3.29. The van der Waals surface area contributed by atoms with E-state index in [1.54, 1.807) is 6.08 Å². The number of carboxylic acids is 1. The number of ether oxygens (including phenoxy) is 1. The lowest BCUT2D eigenvalue weighted by atomic mass is 9.89. The molecule has 0 amide bonds. The summed E-state index contributed by atoms with van der Waals surface area (Å²) >= 11 is 0. The van der Waals surface area contributed by atoms with Gasteiger partial charge in [-0.1, -0.05) is 30.3 Å². The first kappa shape index (κ1) is 17.3. The van der Waals surface area contributed by atoms with Crippen LogP contribution in [-0.4, -0.2) is 17.2 Å². The van der Waals surface area contributed by atoms with Crippen LogP contribution in [0.2, 0.25) is 0 Å². The third-order valence-electron chi connectivity index (χ3n) is 4.43. The summed E-state index contributed by atoms with van der Waals surface area (Å²) in [7, 11) is 0. The maximum absolute atomic E-state index is 11.8. The zero-order chi connectivity index (χ0) is 17.8. The minimum absolute atomic E-state index is 0.0822. The van der Waals surface area contributed by atoms with Crippen LogP contribution in [0.5, 0.6) is 5.75 Å². The molecule has 0 saturated heterocycles. The number of rotatable bonds is 5. The molecule has 25 heavy (non-hydrogen) atoms. The van der Waals surface area contributed by atoms with Gasteiger partial charge in [0.15, 0.2) is 0 Å². The van der Waals surface area contributed by atoms with Crippen molar-refractivity contribution in [1.29, 1.82) is 0 Å². The first-order valence-electron chi connectivity index (χ1n) is 8.87. The third kappa shape index (κ3) is 4.30. The van der Waals surface area contributed by atoms with Gasteiger partial charge in [0.1, 0.15) is 5.75 Å². The largest absolute Gasteiger partial charge is 0.491 e. The molecule has 0 aliphatic heterocycles. The maximum Gasteiger partial charge on any atom is 0.336 e. The van der Waals surface area contributed by atoms with E-state index < -0.39 is 5.97 Å². The van der Waals surface area contributed by atoms with Crippen LogP contribution in [0.15, 0.2) is 42.5 Å². The lowest BCUT2D eigenvalue weighted by molar-refractivity contribution is -0.130. The quantitative estimate of drug-likeness (QED) is 0.619. The van der Waals surface area contributed by atoms with Gasteiger partial charge in [0.25, 0.3) is 0 Å². The molecule has 1 aliphatic rings. The topological polar surface area (TPSA) is 46.5 Å². The van der Waals surface area contributed by atoms with Gasteiger partial charge in [-0.3, -0.25) is 0 Å². The molecule has 0 fully saturated rings. The molecular formula is C22H24O3. The number of benzene rings is 2. The Kier molecular flexibility index (Phi) is 5.22. The van der Waals surface area contributed by atoms with Crippen LogP contribution in [0.3, 0.4) is 0 Å². The van der Waals surface area contributed by atoms with Crippen LogP contribution in [0.4, 0.5) is 0 Å². The van der Waals surface area contributed by atoms with Crippen molar-refractivity contribution in [1.82, 2.24) is 0 Å². The highest BCUT2D eigenvalue weighted by atomic mass is 16.5. The van der Waals surface area contributed by atoms with Crippen LogP contribution in [0.25, 0.3) is 11.6 Å². The van der Waals surface area contributed by atoms with Crippen molar-refractivity contribution < 1.29 is 14.6 Å². The maximum atomic E-state index is 11.8. The molecule has 1 N–H and O–H groups in total. The Morgan fingerprint density at radius 2 is 1.84 bits per heavy atom. The summed E-state index contributed by atoms with van der Waals surface area (Å²) in [6.45, 7) is 3.94. The summed E-state index contributed by atoms with van der Waals surface area (Å²) in [5.41, 5.74) is 4.55. The van der Waals surface area contributed by atoms with E-state index in [0.29, 0.717) is 5.57 Å². The number of carbonyl (C=O) groups is 1. The summed E-state index contributed by atoms with van der Waals surface area (Å²) in [6, 6.07) is 13.6. The second kappa shape index (κ2) is 7.56. The van der Waals surface area contributed by atoms with Crippen LogP contribution < -0.4 is 4.74 Å². The SMILES string of the molecule is CC(C)Oc1cccc(/C=C(\C(=O)O)c2ccc3c(c2)CCCC3)c1. The Labute approximate surface area is 149 Å². The third-order valence-corrected chi connectivity index (χ3v) is 4.43. The molecule has 0 spiro atoms. The van der Waals surface area contributed by atoms with Crippen molar-refractivity contribution >= 4 is 17.6 Å². The lowest BCUT2D eigenvalue weighted by Gasteiger charge is -2.17. The van der Waals surface area contributed by atoms with Crippen molar-refractivity contribution in [2.24, 2.45) is 0 Å². The highest BCUT2D eigenvalue weighted by Gasteiger charge is 2.15. The van der Waals surface area contributed by atoms with E-state index >= 15 is 0 Å². The minimum Gasteiger partial charge on any atom is -0.491 e. The summed E-state index contributed by atoms with van der Waals surface area (Å²) in [6.07, 6.45) is 6.33. The number of aryl methyl sites for hydroxylation is 2. The van der Waals surface area contributed by atoms with Crippen molar-refractivity contribution in [3.05, 3.63) is 64.7 Å². The van der Waals surface area contributed by atoms with Crippen LogP contribution >= 0.6 is 0 Å². The second-order valence-electron chi connectivity index (χ2n) is 6.79. The smallest absolute Gasteiger partial charge is 0.336 e. The van der Waals surface area contributed by atoms with E-state index in [4.69, 9.17) is 4.74 Å². The van der Waals surface area contributed by atoms with E-state index in [1.165, 1.54) is 24.0 Å². The molecule has 0 atom stereocenters. The Morgan fingerprint density at radius 3 is 2.56 bits per heavy atom. The highest BCUT2D eigenvalue weighted by Crippen LogP contribution is 2.27. The van der Waals surface area contributed by atoms with Crippen LogP contribution in [0.1, 0.15) is 48.9 Å². The zero-order valence-electron chi connectivity index (χ0n) is 14.8. The van der Waals surface area contributed by atoms with Crippen LogP contribution in [-0.2, 0) is 17.6 Å². The molecule has 2 aromatic rings. The van der Waals surface area contributed by atoms with Gasteiger partial charge in [0.05, 0.1) is 11.7 Å². The Balaban J connectivity index is 1.96. The van der Waals surface area contributed by atoms with Gasteiger partial charge < -0.3 is 9.84 Å². The molecule has 0 unspecified atom stereocenters. The molecule has 1 aliphatic carbocycles. The van der Waals surface area contributed by atoms with Crippen LogP contribution in [0, 0.1) is 0 Å². The number of carboxylic acid groups (broad SMARTS) is 1. The first-order chi connectivity index (χ1) is 12.0. The molecule has 0 aromatic heterocycles. The number of aliphatic carboxylic acids is 1. The first-order valence-corrected chi connectivity index (χ1v) is 8.87. The predicted octanol–water partition coefficient (Wildman–Crippen LogP) is 4.98. The molecule has 130 valence electrons. The molecule has 0 saturated carbocycles. The van der Waals surface area contributed by atoms with Crippen molar-refractivity contribution in [3.63, 3.8) is 0 Å². The van der Waals surface area contributed by atoms with Gasteiger partial charge in [-0.2, -0.15) is 0 Å². The highest BCUT2D eigenvalue weighted by molar-refractivity contribution is 6.20. The van der Waals surface area contributed by atoms with E-state index in [1.807, 2.05) is 50.2 Å². The number of fused-ring (bicyclic) bond motifs is 1. The number of hydrogen-bond acceptors (Lipinski definition) is 2. The predicted molar refractivity (Wildman–Crippen MR) is 101 cm³/mol. The summed E-state index contributed by atoms with van der Waals surface area (Å²) in [4.78, 5) is 11.8. The lowest BCUT2D eigenvalue weighted by Crippen LogP contribution is -2.06. The summed E-state index contributed by atoms with van der Waals surface area (Å²) < 4.78 is 5.70. The second-order valence-corrected chi connectivity index (χ2v) is 6.79. The zero-order valence-corrected chi connectivity index (χ0v) is 14.8. The minimum atomic E-state index is -0.911. The van der Waals surface area contributed by atoms with E-state index in [2.05, 4.69) is 6.07 Å². The average Bonchev–Trinajstić information content (AvgIpc) is 2.59. The summed E-state index contributed by atoms with van der Waals surface area (Å²) in [5, 5.41) is 9.71. The Morgan fingerprint density at radius 1 is 1.08 bits per heavy atom. The molecule has 2 aromatic carbocycles. The van der Waals surface area contributed by atoms with E-state index in [9.17, 15) is 9.90 Å². The number of hydrogen-bond donors (Lipinski definition) is 1. The van der Waals surface area contributed by atoms with Gasteiger partial charge in [0.2, 0.25) is 0 Å².